The summed E-state index contributed by atoms with van der Waals surface area (Å²) in [6.45, 7) is 0. The van der Waals surface area contributed by atoms with E-state index in [1.807, 2.05) is 31.1 Å². The summed E-state index contributed by atoms with van der Waals surface area (Å²) in [5, 5.41) is 2.82. The molecule has 0 saturated heterocycles. The lowest BCUT2D eigenvalue weighted by Crippen LogP contribution is -2.22. The van der Waals surface area contributed by atoms with Crippen LogP contribution in [0.25, 0.3) is 0 Å². The highest BCUT2D eigenvalue weighted by molar-refractivity contribution is 6.05. The molecule has 0 unspecified atom stereocenters. The van der Waals surface area contributed by atoms with Crippen molar-refractivity contribution < 1.29 is 9.59 Å². The molecule has 0 radical (unpaired) electrons. The van der Waals surface area contributed by atoms with Crippen molar-refractivity contribution in [1.29, 1.82) is 0 Å². The van der Waals surface area contributed by atoms with E-state index in [1.54, 1.807) is 50.5 Å². The molecule has 0 aromatic heterocycles. The molecule has 120 valence electrons. The van der Waals surface area contributed by atoms with Gasteiger partial charge in [-0.25, -0.2) is 0 Å². The minimum atomic E-state index is -0.204. The lowest BCUT2D eigenvalue weighted by atomic mass is 10.1. The van der Waals surface area contributed by atoms with Crippen LogP contribution in [-0.2, 0) is 0 Å². The van der Waals surface area contributed by atoms with Crippen LogP contribution in [0, 0.1) is 0 Å². The van der Waals surface area contributed by atoms with E-state index < -0.39 is 0 Å². The molecule has 2 aromatic carbocycles. The topological polar surface area (TPSA) is 52.7 Å². The zero-order valence-corrected chi connectivity index (χ0v) is 13.8. The summed E-state index contributed by atoms with van der Waals surface area (Å²) in [7, 11) is 7.28. The van der Waals surface area contributed by atoms with Crippen molar-refractivity contribution in [1.82, 2.24) is 4.90 Å². The van der Waals surface area contributed by atoms with Crippen LogP contribution in [0.1, 0.15) is 20.7 Å². The van der Waals surface area contributed by atoms with Gasteiger partial charge in [-0.3, -0.25) is 9.59 Å². The van der Waals surface area contributed by atoms with E-state index in [4.69, 9.17) is 0 Å². The number of carbonyl (C=O) groups is 2. The maximum Gasteiger partial charge on any atom is 0.255 e. The van der Waals surface area contributed by atoms with Gasteiger partial charge in [-0.15, -0.1) is 0 Å². The van der Waals surface area contributed by atoms with Crippen LogP contribution in [0.3, 0.4) is 0 Å². The third kappa shape index (κ3) is 4.10. The fourth-order valence-corrected chi connectivity index (χ4v) is 2.10. The molecule has 0 spiro atoms. The average molecular weight is 311 g/mol. The van der Waals surface area contributed by atoms with Gasteiger partial charge >= 0.3 is 0 Å². The molecule has 5 nitrogen and oxygen atoms in total. The van der Waals surface area contributed by atoms with Gasteiger partial charge in [-0.1, -0.05) is 6.07 Å². The van der Waals surface area contributed by atoms with Gasteiger partial charge in [-0.2, -0.15) is 0 Å². The van der Waals surface area contributed by atoms with Crippen LogP contribution < -0.4 is 10.2 Å². The number of benzene rings is 2. The molecule has 2 rings (SSSR count). The van der Waals surface area contributed by atoms with Crippen molar-refractivity contribution >= 4 is 23.2 Å². The number of carbonyl (C=O) groups excluding carboxylic acids is 2. The minimum absolute atomic E-state index is 0.101. The Morgan fingerprint density at radius 3 is 2.09 bits per heavy atom. The predicted molar refractivity (Wildman–Crippen MR) is 93.2 cm³/mol. The van der Waals surface area contributed by atoms with E-state index in [-0.39, 0.29) is 11.8 Å². The van der Waals surface area contributed by atoms with Crippen LogP contribution in [0.15, 0.2) is 48.5 Å². The van der Waals surface area contributed by atoms with Gasteiger partial charge in [-0.05, 0) is 42.5 Å². The fraction of sp³-hybridized carbons (Fsp3) is 0.222. The molecule has 5 heteroatoms. The quantitative estimate of drug-likeness (QED) is 0.944. The molecule has 23 heavy (non-hydrogen) atoms. The largest absolute Gasteiger partial charge is 0.378 e. The molecule has 0 bridgehead atoms. The second-order valence-electron chi connectivity index (χ2n) is 5.68. The van der Waals surface area contributed by atoms with Gasteiger partial charge < -0.3 is 15.1 Å². The van der Waals surface area contributed by atoms with E-state index in [1.165, 1.54) is 4.90 Å². The van der Waals surface area contributed by atoms with Crippen LogP contribution in [0.5, 0.6) is 0 Å². The van der Waals surface area contributed by atoms with Gasteiger partial charge in [0.1, 0.15) is 0 Å². The number of anilines is 2. The van der Waals surface area contributed by atoms with Crippen molar-refractivity contribution in [2.75, 3.05) is 38.4 Å². The summed E-state index contributed by atoms with van der Waals surface area (Å²) in [5.74, 6) is -0.304. The molecular weight excluding hydrogens is 290 g/mol. The monoisotopic (exact) mass is 311 g/mol. The lowest BCUT2D eigenvalue weighted by Gasteiger charge is -2.13. The molecule has 1 N–H and O–H groups in total. The van der Waals surface area contributed by atoms with Crippen molar-refractivity contribution in [2.45, 2.75) is 0 Å². The number of nitrogens with zero attached hydrogens (tertiary/aromatic N) is 2. The first-order chi connectivity index (χ1) is 10.9. The highest BCUT2D eigenvalue weighted by Gasteiger charge is 2.10. The Morgan fingerprint density at radius 1 is 0.870 bits per heavy atom. The molecule has 2 aromatic rings. The Kier molecular flexibility index (Phi) is 5.01. The van der Waals surface area contributed by atoms with Crippen molar-refractivity contribution in [3.05, 3.63) is 59.7 Å². The second kappa shape index (κ2) is 6.96. The maximum absolute atomic E-state index is 12.3. The molecule has 0 aliphatic carbocycles. The summed E-state index contributed by atoms with van der Waals surface area (Å²) >= 11 is 0. The van der Waals surface area contributed by atoms with Crippen molar-refractivity contribution in [3.8, 4) is 0 Å². The standard InChI is InChI=1S/C18H21N3O2/c1-20(2)16-10-8-13(9-11-16)17(22)19-15-7-5-6-14(12-15)18(23)21(3)4/h5-12H,1-4H3,(H,19,22). The molecular formula is C18H21N3O2. The van der Waals surface area contributed by atoms with Crippen LogP contribution in [0.2, 0.25) is 0 Å². The number of nitrogens with one attached hydrogen (secondary N) is 1. The SMILES string of the molecule is CN(C)C(=O)c1cccc(NC(=O)c2ccc(N(C)C)cc2)c1. The Balaban J connectivity index is 2.14. The van der Waals surface area contributed by atoms with E-state index in [0.29, 0.717) is 16.8 Å². The van der Waals surface area contributed by atoms with Gasteiger partial charge in [0.15, 0.2) is 0 Å². The second-order valence-corrected chi connectivity index (χ2v) is 5.68. The number of hydrogen-bond donors (Lipinski definition) is 1. The molecule has 0 fully saturated rings. The molecule has 0 saturated carbocycles. The van der Waals surface area contributed by atoms with E-state index in [2.05, 4.69) is 5.32 Å². The normalized spacial score (nSPS) is 10.1. The molecule has 0 atom stereocenters. The summed E-state index contributed by atoms with van der Waals surface area (Å²) in [6.07, 6.45) is 0. The average Bonchev–Trinajstić information content (AvgIpc) is 2.54. The first-order valence-corrected chi connectivity index (χ1v) is 7.29. The first-order valence-electron chi connectivity index (χ1n) is 7.29. The molecule has 0 heterocycles. The minimum Gasteiger partial charge on any atom is -0.378 e. The van der Waals surface area contributed by atoms with Gasteiger partial charge in [0.05, 0.1) is 0 Å². The third-order valence-corrected chi connectivity index (χ3v) is 3.42. The van der Waals surface area contributed by atoms with Crippen LogP contribution >= 0.6 is 0 Å². The summed E-state index contributed by atoms with van der Waals surface area (Å²) in [5.41, 5.74) is 2.73. The summed E-state index contributed by atoms with van der Waals surface area (Å²) < 4.78 is 0. The van der Waals surface area contributed by atoms with Crippen molar-refractivity contribution in [3.63, 3.8) is 0 Å². The lowest BCUT2D eigenvalue weighted by molar-refractivity contribution is 0.0827. The zero-order valence-electron chi connectivity index (χ0n) is 13.8. The fourth-order valence-electron chi connectivity index (χ4n) is 2.10. The molecule has 0 aliphatic rings. The Morgan fingerprint density at radius 2 is 1.52 bits per heavy atom. The van der Waals surface area contributed by atoms with E-state index >= 15 is 0 Å². The predicted octanol–water partition coefficient (Wildman–Crippen LogP) is 2.71. The first kappa shape index (κ1) is 16.5. The highest BCUT2D eigenvalue weighted by atomic mass is 16.2. The number of hydrogen-bond acceptors (Lipinski definition) is 3. The van der Waals surface area contributed by atoms with Crippen molar-refractivity contribution in [2.24, 2.45) is 0 Å². The van der Waals surface area contributed by atoms with Gasteiger partial charge in [0, 0.05) is 50.7 Å². The van der Waals surface area contributed by atoms with E-state index in [0.717, 1.165) is 5.69 Å². The maximum atomic E-state index is 12.3. The Hall–Kier alpha value is -2.82. The zero-order chi connectivity index (χ0) is 17.0. The molecule has 0 aliphatic heterocycles. The van der Waals surface area contributed by atoms with Gasteiger partial charge in [0.2, 0.25) is 0 Å². The third-order valence-electron chi connectivity index (χ3n) is 3.42. The Bertz CT molecular complexity index is 706. The smallest absolute Gasteiger partial charge is 0.255 e. The number of rotatable bonds is 4. The van der Waals surface area contributed by atoms with Gasteiger partial charge in [0.25, 0.3) is 11.8 Å². The summed E-state index contributed by atoms with van der Waals surface area (Å²) in [4.78, 5) is 27.7. The van der Waals surface area contributed by atoms with E-state index in [9.17, 15) is 9.59 Å². The Labute approximate surface area is 136 Å². The summed E-state index contributed by atoms with van der Waals surface area (Å²) in [6, 6.07) is 14.2. The van der Waals surface area contributed by atoms with Crippen LogP contribution in [0.4, 0.5) is 11.4 Å². The number of amides is 2. The highest BCUT2D eigenvalue weighted by Crippen LogP contribution is 2.16. The molecule has 2 amide bonds. The van der Waals surface area contributed by atoms with Crippen LogP contribution in [-0.4, -0.2) is 44.9 Å².